The normalized spacial score (nSPS) is 11.2. The number of amides is 1. The first kappa shape index (κ1) is 21.1. The smallest absolute Gasteiger partial charge is 0.274 e. The second-order valence-corrected chi connectivity index (χ2v) is 7.64. The van der Waals surface area contributed by atoms with Gasteiger partial charge in [-0.1, -0.05) is 48.5 Å². The Morgan fingerprint density at radius 3 is 2.50 bits per heavy atom. The van der Waals surface area contributed by atoms with Crippen LogP contribution in [0.3, 0.4) is 0 Å². The van der Waals surface area contributed by atoms with Crippen LogP contribution in [0.25, 0.3) is 16.9 Å². The van der Waals surface area contributed by atoms with Crippen LogP contribution in [0.4, 0.5) is 5.69 Å². The second-order valence-electron chi connectivity index (χ2n) is 7.64. The number of hydrogen-bond acceptors (Lipinski definition) is 5. The predicted octanol–water partition coefficient (Wildman–Crippen LogP) is 4.55. The largest absolute Gasteiger partial charge is 0.467 e. The summed E-state index contributed by atoms with van der Waals surface area (Å²) >= 11 is 0. The Morgan fingerprint density at radius 1 is 1.00 bits per heavy atom. The Hall–Kier alpha value is -4.72. The second kappa shape index (κ2) is 9.41. The van der Waals surface area contributed by atoms with E-state index in [0.717, 1.165) is 22.5 Å². The van der Waals surface area contributed by atoms with Crippen LogP contribution >= 0.6 is 0 Å². The van der Waals surface area contributed by atoms with E-state index in [2.05, 4.69) is 15.4 Å². The van der Waals surface area contributed by atoms with Crippen LogP contribution in [0.1, 0.15) is 21.8 Å². The molecule has 34 heavy (non-hydrogen) atoms. The number of rotatable bonds is 7. The maximum atomic E-state index is 12.7. The minimum Gasteiger partial charge on any atom is -0.467 e. The van der Waals surface area contributed by atoms with Crippen LogP contribution < -0.4 is 5.32 Å². The summed E-state index contributed by atoms with van der Waals surface area (Å²) in [5.41, 5.74) is 4.23. The summed E-state index contributed by atoms with van der Waals surface area (Å²) in [6.07, 6.45) is 6.92. The molecule has 0 aliphatic heterocycles. The van der Waals surface area contributed by atoms with Crippen molar-refractivity contribution in [3.63, 3.8) is 0 Å². The lowest BCUT2D eigenvalue weighted by molar-refractivity contribution is 0.0943. The molecule has 0 saturated carbocycles. The Balaban J connectivity index is 1.46. The minimum atomic E-state index is -0.326. The third-order valence-corrected chi connectivity index (χ3v) is 5.18. The molecule has 8 heteroatoms. The Bertz CT molecular complexity index is 1420. The number of nitrogens with zero attached hydrogens (tertiary/aromatic N) is 5. The number of carbonyl (C=O) groups excluding carboxylic acids is 1. The highest BCUT2D eigenvalue weighted by molar-refractivity contribution is 5.98. The van der Waals surface area contributed by atoms with Crippen molar-refractivity contribution in [3.8, 4) is 16.9 Å². The number of aromatic nitrogens is 4. The average Bonchev–Trinajstić information content (AvgIpc) is 3.62. The highest BCUT2D eigenvalue weighted by Gasteiger charge is 2.17. The van der Waals surface area contributed by atoms with Crippen LogP contribution in [0.15, 0.2) is 101 Å². The third-order valence-electron chi connectivity index (χ3n) is 5.18. The minimum absolute atomic E-state index is 0.238. The van der Waals surface area contributed by atoms with Crippen LogP contribution in [-0.2, 0) is 13.6 Å². The maximum Gasteiger partial charge on any atom is 0.274 e. The van der Waals surface area contributed by atoms with Gasteiger partial charge in [0.1, 0.15) is 17.1 Å². The molecule has 168 valence electrons. The number of carbonyl (C=O) groups is 1. The van der Waals surface area contributed by atoms with Crippen LogP contribution in [0.2, 0.25) is 0 Å². The number of hydrogen-bond donors (Lipinski definition) is 1. The van der Waals surface area contributed by atoms with Crippen molar-refractivity contribution >= 4 is 17.8 Å². The standard InChI is InChI=1S/C26H22N6O2/c1-31-18-23(25(29-31)26(33)28-16-22-13-8-14-34-22)27-15-20-17-32(21-11-6-3-7-12-21)30-24(20)19-9-4-2-5-10-19/h2-15,17-18H,16H2,1H3,(H,28,33). The summed E-state index contributed by atoms with van der Waals surface area (Å²) in [7, 11) is 1.76. The van der Waals surface area contributed by atoms with Crippen molar-refractivity contribution in [3.05, 3.63) is 108 Å². The van der Waals surface area contributed by atoms with E-state index in [-0.39, 0.29) is 18.1 Å². The summed E-state index contributed by atoms with van der Waals surface area (Å²) in [4.78, 5) is 17.4. The number of aryl methyl sites for hydroxylation is 1. The van der Waals surface area contributed by atoms with E-state index in [9.17, 15) is 4.79 Å². The van der Waals surface area contributed by atoms with E-state index < -0.39 is 0 Å². The van der Waals surface area contributed by atoms with Gasteiger partial charge in [-0.15, -0.1) is 0 Å². The highest BCUT2D eigenvalue weighted by atomic mass is 16.3. The van der Waals surface area contributed by atoms with Gasteiger partial charge in [-0.2, -0.15) is 10.2 Å². The van der Waals surface area contributed by atoms with E-state index in [1.807, 2.05) is 71.5 Å². The number of benzene rings is 2. The van der Waals surface area contributed by atoms with Crippen molar-refractivity contribution in [2.24, 2.45) is 12.0 Å². The van der Waals surface area contributed by atoms with Crippen molar-refractivity contribution < 1.29 is 9.21 Å². The summed E-state index contributed by atoms with van der Waals surface area (Å²) in [5.74, 6) is 0.336. The van der Waals surface area contributed by atoms with Gasteiger partial charge in [0.25, 0.3) is 5.91 Å². The molecule has 0 bridgehead atoms. The molecule has 0 aliphatic rings. The summed E-state index contributed by atoms with van der Waals surface area (Å²) in [6, 6.07) is 23.4. The maximum absolute atomic E-state index is 12.7. The lowest BCUT2D eigenvalue weighted by Crippen LogP contribution is -2.23. The van der Waals surface area contributed by atoms with E-state index in [4.69, 9.17) is 9.52 Å². The van der Waals surface area contributed by atoms with Gasteiger partial charge in [0.05, 0.1) is 24.7 Å². The van der Waals surface area contributed by atoms with Crippen LogP contribution in [0.5, 0.6) is 0 Å². The van der Waals surface area contributed by atoms with Gasteiger partial charge < -0.3 is 9.73 Å². The van der Waals surface area contributed by atoms with Gasteiger partial charge in [0, 0.05) is 30.6 Å². The zero-order chi connectivity index (χ0) is 23.3. The Kier molecular flexibility index (Phi) is 5.85. The van der Waals surface area contributed by atoms with Crippen molar-refractivity contribution in [2.45, 2.75) is 6.54 Å². The van der Waals surface area contributed by atoms with Crippen LogP contribution in [0, 0.1) is 0 Å². The van der Waals surface area contributed by atoms with Crippen LogP contribution in [-0.4, -0.2) is 31.7 Å². The third kappa shape index (κ3) is 4.56. The zero-order valence-corrected chi connectivity index (χ0v) is 18.5. The molecule has 0 aliphatic carbocycles. The van der Waals surface area contributed by atoms with E-state index in [1.54, 1.807) is 42.5 Å². The Labute approximate surface area is 196 Å². The number of nitrogens with one attached hydrogen (secondary N) is 1. The fraction of sp³-hybridized carbons (Fsp3) is 0.0769. The van der Waals surface area contributed by atoms with Gasteiger partial charge in [-0.3, -0.25) is 14.5 Å². The van der Waals surface area contributed by atoms with Gasteiger partial charge >= 0.3 is 0 Å². The molecule has 0 saturated heterocycles. The van der Waals surface area contributed by atoms with E-state index in [1.165, 1.54) is 0 Å². The number of aliphatic imine (C=N–C) groups is 1. The first-order valence-corrected chi connectivity index (χ1v) is 10.8. The molecule has 1 N–H and O–H groups in total. The Morgan fingerprint density at radius 2 is 1.76 bits per heavy atom. The van der Waals surface area contributed by atoms with Crippen molar-refractivity contribution in [1.82, 2.24) is 24.9 Å². The quantitative estimate of drug-likeness (QED) is 0.369. The number of para-hydroxylation sites is 1. The fourth-order valence-electron chi connectivity index (χ4n) is 3.55. The molecule has 0 spiro atoms. The summed E-state index contributed by atoms with van der Waals surface area (Å²) in [5, 5.41) is 11.9. The van der Waals surface area contributed by atoms with Gasteiger partial charge in [0.2, 0.25) is 0 Å². The van der Waals surface area contributed by atoms with Crippen molar-refractivity contribution in [1.29, 1.82) is 0 Å². The molecular weight excluding hydrogens is 428 g/mol. The monoisotopic (exact) mass is 450 g/mol. The first-order valence-electron chi connectivity index (χ1n) is 10.8. The molecule has 0 atom stereocenters. The molecule has 5 aromatic rings. The fourth-order valence-corrected chi connectivity index (χ4v) is 3.55. The van der Waals surface area contributed by atoms with Gasteiger partial charge in [-0.05, 0) is 24.3 Å². The molecule has 1 amide bonds. The zero-order valence-electron chi connectivity index (χ0n) is 18.5. The molecule has 5 rings (SSSR count). The molecule has 0 fully saturated rings. The summed E-state index contributed by atoms with van der Waals surface area (Å²) in [6.45, 7) is 0.271. The summed E-state index contributed by atoms with van der Waals surface area (Å²) < 4.78 is 8.67. The average molecular weight is 451 g/mol. The molecule has 3 heterocycles. The van der Waals surface area contributed by atoms with E-state index in [0.29, 0.717) is 11.4 Å². The predicted molar refractivity (Wildman–Crippen MR) is 129 cm³/mol. The molecular formula is C26H22N6O2. The van der Waals surface area contributed by atoms with Gasteiger partial charge in [-0.25, -0.2) is 4.68 Å². The topological polar surface area (TPSA) is 90.2 Å². The SMILES string of the molecule is Cn1cc(N=Cc2cn(-c3ccccc3)nc2-c2ccccc2)c(C(=O)NCc2ccco2)n1. The molecule has 2 aromatic carbocycles. The lowest BCUT2D eigenvalue weighted by Gasteiger charge is -2.01. The highest BCUT2D eigenvalue weighted by Crippen LogP contribution is 2.24. The molecule has 3 aromatic heterocycles. The van der Waals surface area contributed by atoms with Gasteiger partial charge in [0.15, 0.2) is 5.69 Å². The van der Waals surface area contributed by atoms with Crippen molar-refractivity contribution in [2.75, 3.05) is 0 Å². The number of furan rings is 1. The lowest BCUT2D eigenvalue weighted by atomic mass is 10.1. The first-order chi connectivity index (χ1) is 16.7. The molecule has 8 nitrogen and oxygen atoms in total. The molecule has 0 radical (unpaired) electrons. The molecule has 0 unspecified atom stereocenters. The van der Waals surface area contributed by atoms with E-state index >= 15 is 0 Å².